The zero-order valence-electron chi connectivity index (χ0n) is 25.3. The zero-order valence-corrected chi connectivity index (χ0v) is 28.5. The molecule has 1 aromatic heterocycles. The number of hydrogen-bond donors (Lipinski definition) is 3. The van der Waals surface area contributed by atoms with E-state index < -0.39 is 52.5 Å². The predicted octanol–water partition coefficient (Wildman–Crippen LogP) is 5.73. The number of alkyl carbamates (subject to hydrolysis) is 1. The number of aromatic nitrogens is 1. The van der Waals surface area contributed by atoms with Crippen molar-refractivity contribution in [3.05, 3.63) is 32.7 Å². The smallest absolute Gasteiger partial charge is 0.426 e. The lowest BCUT2D eigenvalue weighted by molar-refractivity contribution is -0.141. The van der Waals surface area contributed by atoms with E-state index in [4.69, 9.17) is 14.0 Å². The molecule has 1 atom stereocenters. The van der Waals surface area contributed by atoms with E-state index in [0.29, 0.717) is 41.8 Å². The fourth-order valence-corrected chi connectivity index (χ4v) is 8.15. The number of benzene rings is 1. The van der Waals surface area contributed by atoms with E-state index in [2.05, 4.69) is 36.3 Å². The van der Waals surface area contributed by atoms with Crippen LogP contribution in [0.25, 0.3) is 0 Å². The summed E-state index contributed by atoms with van der Waals surface area (Å²) in [5.74, 6) is -0.116. The lowest BCUT2D eigenvalue weighted by Crippen LogP contribution is -2.41. The first kappa shape index (κ1) is 34.9. The third kappa shape index (κ3) is 7.89. The van der Waals surface area contributed by atoms with Crippen molar-refractivity contribution in [2.45, 2.75) is 108 Å². The minimum Gasteiger partial charge on any atom is -0.426 e. The van der Waals surface area contributed by atoms with Crippen molar-refractivity contribution in [3.63, 3.8) is 0 Å². The van der Waals surface area contributed by atoms with Gasteiger partial charge in [-0.05, 0) is 88.4 Å². The number of carbonyl (C=O) groups excluding carboxylic acids is 1. The maximum Gasteiger partial charge on any atom is 0.496 e. The molecule has 1 saturated carbocycles. The Morgan fingerprint density at radius 1 is 1.18 bits per heavy atom. The molecule has 10 nitrogen and oxygen atoms in total. The third-order valence-electron chi connectivity index (χ3n) is 8.07. The van der Waals surface area contributed by atoms with Gasteiger partial charge in [0.1, 0.15) is 3.79 Å². The van der Waals surface area contributed by atoms with Gasteiger partial charge in [-0.3, -0.25) is 0 Å². The summed E-state index contributed by atoms with van der Waals surface area (Å²) in [7, 11) is -4.83. The number of halogens is 4. The van der Waals surface area contributed by atoms with E-state index in [9.17, 15) is 26.4 Å². The van der Waals surface area contributed by atoms with Crippen molar-refractivity contribution >= 4 is 61.7 Å². The molecule has 244 valence electrons. The number of nitrogens with zero attached hydrogens (tertiary/aromatic N) is 1. The van der Waals surface area contributed by atoms with Gasteiger partial charge in [-0.1, -0.05) is 13.0 Å². The van der Waals surface area contributed by atoms with Crippen LogP contribution in [-0.2, 0) is 30.2 Å². The highest BCUT2D eigenvalue weighted by molar-refractivity contribution is 9.11. The molecule has 2 aliphatic rings. The molecule has 0 bridgehead atoms. The zero-order chi connectivity index (χ0) is 32.7. The monoisotopic (exact) mass is 724 g/mol. The molecule has 44 heavy (non-hydrogen) atoms. The maximum absolute atomic E-state index is 13.1. The lowest BCUT2D eigenvalue weighted by Gasteiger charge is -2.32. The summed E-state index contributed by atoms with van der Waals surface area (Å²) in [6.45, 7) is 11.0. The number of anilines is 1. The first-order valence-electron chi connectivity index (χ1n) is 14.3. The van der Waals surface area contributed by atoms with Crippen molar-refractivity contribution in [2.75, 3.05) is 11.9 Å². The second kappa shape index (κ2) is 13.1. The summed E-state index contributed by atoms with van der Waals surface area (Å²) in [5, 5.41) is 6.25. The number of hydrogen-bond acceptors (Lipinski definition) is 9. The highest BCUT2D eigenvalue weighted by atomic mass is 79.9. The van der Waals surface area contributed by atoms with Crippen LogP contribution in [0, 0.1) is 0 Å². The number of thiazole rings is 1. The maximum atomic E-state index is 13.1. The first-order valence-corrected chi connectivity index (χ1v) is 17.4. The SMILES string of the molecule is CCNS(=O)(=O)c1cc(NC(C)OC(=O)N[C@H]2CC[C@H](c3nc(C(F)(F)F)c(Br)s3)CC2)ccc1B1OC(C)(C)C(C)(C)O1. The summed E-state index contributed by atoms with van der Waals surface area (Å²) in [5.41, 5.74) is -1.50. The molecule has 1 aliphatic heterocycles. The van der Waals surface area contributed by atoms with Gasteiger partial charge in [0.25, 0.3) is 0 Å². The van der Waals surface area contributed by atoms with E-state index in [1.165, 1.54) is 6.07 Å². The molecule has 1 aromatic carbocycles. The molecule has 1 unspecified atom stereocenters. The Kier molecular flexibility index (Phi) is 10.4. The van der Waals surface area contributed by atoms with Gasteiger partial charge in [-0.25, -0.2) is 22.9 Å². The van der Waals surface area contributed by atoms with Crippen LogP contribution < -0.4 is 20.8 Å². The van der Waals surface area contributed by atoms with Crippen LogP contribution in [0.2, 0.25) is 0 Å². The predicted molar refractivity (Wildman–Crippen MR) is 166 cm³/mol. The lowest BCUT2D eigenvalue weighted by atomic mass is 9.79. The van der Waals surface area contributed by atoms with Gasteiger partial charge in [0.05, 0.1) is 21.1 Å². The van der Waals surface area contributed by atoms with Crippen LogP contribution >= 0.6 is 27.3 Å². The Morgan fingerprint density at radius 3 is 2.34 bits per heavy atom. The minimum absolute atomic E-state index is 0.0223. The summed E-state index contributed by atoms with van der Waals surface area (Å²) < 4.78 is 85.8. The van der Waals surface area contributed by atoms with E-state index in [1.807, 2.05) is 27.7 Å². The number of sulfonamides is 1. The molecule has 4 rings (SSSR count). The van der Waals surface area contributed by atoms with Crippen LogP contribution in [0.3, 0.4) is 0 Å². The third-order valence-corrected chi connectivity index (χ3v) is 11.5. The van der Waals surface area contributed by atoms with Crippen LogP contribution in [0.15, 0.2) is 26.9 Å². The molecule has 1 saturated heterocycles. The number of nitrogens with one attached hydrogen (secondary N) is 3. The quantitative estimate of drug-likeness (QED) is 0.221. The van der Waals surface area contributed by atoms with Gasteiger partial charge in [0.15, 0.2) is 11.9 Å². The fraction of sp³-hybridized carbons (Fsp3) is 0.630. The molecular weight excluding hydrogens is 688 g/mol. The van der Waals surface area contributed by atoms with Crippen molar-refractivity contribution in [1.29, 1.82) is 0 Å². The van der Waals surface area contributed by atoms with Gasteiger partial charge in [-0.15, -0.1) is 11.3 Å². The van der Waals surface area contributed by atoms with E-state index in [0.717, 1.165) is 11.3 Å². The number of carbonyl (C=O) groups is 1. The van der Waals surface area contributed by atoms with Crippen molar-refractivity contribution in [3.8, 4) is 0 Å². The van der Waals surface area contributed by atoms with Crippen LogP contribution in [0.5, 0.6) is 0 Å². The second-order valence-electron chi connectivity index (χ2n) is 11.9. The van der Waals surface area contributed by atoms with Crippen LogP contribution in [0.1, 0.15) is 83.8 Å². The highest BCUT2D eigenvalue weighted by Gasteiger charge is 2.53. The Morgan fingerprint density at radius 2 is 1.80 bits per heavy atom. The Hall–Kier alpha value is -1.92. The second-order valence-corrected chi connectivity index (χ2v) is 16.0. The van der Waals surface area contributed by atoms with Gasteiger partial charge < -0.3 is 24.7 Å². The number of amides is 1. The topological polar surface area (TPSA) is 128 Å². The van der Waals surface area contributed by atoms with E-state index in [1.54, 1.807) is 26.0 Å². The Labute approximate surface area is 268 Å². The van der Waals surface area contributed by atoms with Crippen LogP contribution in [-0.4, -0.2) is 56.6 Å². The standard InChI is InChI=1S/C27H37BBrF3N4O6S2/c1-7-33-44(38,39)20-14-18(12-13-19(20)28-41-25(3,4)26(5,6)42-28)34-15(2)40-24(37)35-17-10-8-16(9-11-17)23-36-21(22(29)43-23)27(30,31)32/h12-17,33-34H,7-11H2,1-6H3,(H,35,37)/t15?,16-,17-. The summed E-state index contributed by atoms with van der Waals surface area (Å²) in [6.07, 6.45) is -3.73. The summed E-state index contributed by atoms with van der Waals surface area (Å²) >= 11 is 3.96. The number of rotatable bonds is 9. The average molecular weight is 725 g/mol. The van der Waals surface area contributed by atoms with E-state index >= 15 is 0 Å². The molecule has 1 aliphatic carbocycles. The Balaban J connectivity index is 1.36. The molecule has 0 spiro atoms. The molecule has 17 heteroatoms. The molecule has 0 radical (unpaired) electrons. The van der Waals surface area contributed by atoms with Gasteiger partial charge in [0, 0.05) is 29.7 Å². The van der Waals surface area contributed by atoms with Crippen molar-refractivity contribution in [1.82, 2.24) is 15.0 Å². The fourth-order valence-electron chi connectivity index (χ4n) is 5.07. The molecular formula is C27H37BBrF3N4O6S2. The minimum atomic E-state index is -4.52. The normalized spacial score (nSPS) is 22.5. The van der Waals surface area contributed by atoms with Crippen molar-refractivity contribution in [2.24, 2.45) is 0 Å². The van der Waals surface area contributed by atoms with Gasteiger partial charge >= 0.3 is 19.4 Å². The first-order chi connectivity index (χ1) is 20.3. The van der Waals surface area contributed by atoms with Gasteiger partial charge in [0.2, 0.25) is 10.0 Å². The average Bonchev–Trinajstić information content (AvgIpc) is 3.39. The van der Waals surface area contributed by atoms with Crippen LogP contribution in [0.4, 0.5) is 23.7 Å². The summed E-state index contributed by atoms with van der Waals surface area (Å²) in [6, 6.07) is 4.51. The molecule has 1 amide bonds. The molecule has 3 N–H and O–H groups in total. The number of alkyl halides is 3. The van der Waals surface area contributed by atoms with Gasteiger partial charge in [-0.2, -0.15) is 13.2 Å². The molecule has 2 heterocycles. The largest absolute Gasteiger partial charge is 0.496 e. The Bertz CT molecular complexity index is 1450. The summed E-state index contributed by atoms with van der Waals surface area (Å²) in [4.78, 5) is 16.4. The number of ether oxygens (including phenoxy) is 1. The molecule has 2 aromatic rings. The van der Waals surface area contributed by atoms with Crippen molar-refractivity contribution < 1.29 is 40.4 Å². The van der Waals surface area contributed by atoms with E-state index in [-0.39, 0.29) is 27.2 Å². The molecule has 2 fully saturated rings. The highest BCUT2D eigenvalue weighted by Crippen LogP contribution is 2.43.